The number of hydrogen-bond donors (Lipinski definition) is 0. The van der Waals surface area contributed by atoms with E-state index in [1.54, 1.807) is 11.1 Å². The van der Waals surface area contributed by atoms with Gasteiger partial charge >= 0.3 is 0 Å². The summed E-state index contributed by atoms with van der Waals surface area (Å²) in [5.41, 5.74) is 6.19. The second-order valence-corrected chi connectivity index (χ2v) is 12.1. The molecule has 4 aromatic heterocycles. The van der Waals surface area contributed by atoms with E-state index in [-0.39, 0.29) is 30.4 Å². The summed E-state index contributed by atoms with van der Waals surface area (Å²) in [4.78, 5) is 24.2. The number of hydrogen-bond acceptors (Lipinski definition) is 6. The summed E-state index contributed by atoms with van der Waals surface area (Å²) in [6.45, 7) is 4.89. The first-order chi connectivity index (χ1) is 22.4. The van der Waals surface area contributed by atoms with Crippen LogP contribution in [-0.2, 0) is 29.5 Å². The normalized spacial score (nSPS) is 12.9. The Balaban J connectivity index is 1.50. The zero-order chi connectivity index (χ0) is 31.9. The molecule has 1 aliphatic rings. The molecule has 0 unspecified atom stereocenters. The van der Waals surface area contributed by atoms with Gasteiger partial charge in [0, 0.05) is 96.9 Å². The maximum absolute atomic E-state index is 16.0. The minimum absolute atomic E-state index is 0.0530. The predicted molar refractivity (Wildman–Crippen MR) is 177 cm³/mol. The van der Waals surface area contributed by atoms with Crippen LogP contribution in [0.1, 0.15) is 11.3 Å². The zero-order valence-corrected chi connectivity index (χ0v) is 26.2. The Hall–Kier alpha value is -4.93. The number of aromatic nitrogens is 3. The van der Waals surface area contributed by atoms with Crippen molar-refractivity contribution >= 4 is 38.2 Å². The van der Waals surface area contributed by atoms with Crippen LogP contribution in [0.2, 0.25) is 0 Å². The molecule has 1 amide bonds. The lowest BCUT2D eigenvalue weighted by Gasteiger charge is -2.27. The number of aryl methyl sites for hydroxylation is 1. The maximum Gasteiger partial charge on any atom is 0.246 e. The highest BCUT2D eigenvalue weighted by atomic mass is 32.1. The lowest BCUT2D eigenvalue weighted by atomic mass is 9.92. The number of pyridine rings is 2. The first-order valence-electron chi connectivity index (χ1n) is 14.8. The molecule has 7 rings (SSSR count). The fourth-order valence-corrected chi connectivity index (χ4v) is 7.05. The minimum Gasteiger partial charge on any atom is -0.490 e. The van der Waals surface area contributed by atoms with Crippen LogP contribution in [0.15, 0.2) is 79.0 Å². The molecule has 0 atom stereocenters. The highest BCUT2D eigenvalue weighted by molar-refractivity contribution is 7.17. The van der Waals surface area contributed by atoms with Crippen LogP contribution in [-0.4, -0.2) is 52.2 Å². The molecule has 7 nitrogen and oxygen atoms in total. The third-order valence-corrected chi connectivity index (χ3v) is 9.30. The van der Waals surface area contributed by atoms with Crippen molar-refractivity contribution in [1.82, 2.24) is 19.4 Å². The maximum atomic E-state index is 16.0. The van der Waals surface area contributed by atoms with E-state index >= 15 is 4.39 Å². The van der Waals surface area contributed by atoms with Crippen LogP contribution in [0.25, 0.3) is 54.6 Å². The summed E-state index contributed by atoms with van der Waals surface area (Å²) in [6.07, 6.45) is 5.67. The Kier molecular flexibility index (Phi) is 7.84. The molecule has 0 bridgehead atoms. The summed E-state index contributed by atoms with van der Waals surface area (Å²) < 4.78 is 44.6. The van der Waals surface area contributed by atoms with Crippen LogP contribution in [0.5, 0.6) is 5.75 Å². The van der Waals surface area contributed by atoms with E-state index in [0.29, 0.717) is 36.3 Å². The highest BCUT2D eigenvalue weighted by Crippen LogP contribution is 2.47. The van der Waals surface area contributed by atoms with Gasteiger partial charge in [-0.25, -0.2) is 13.8 Å². The number of carbonyl (C=O) groups excluding carboxylic acids is 1. The van der Waals surface area contributed by atoms with E-state index in [1.165, 1.54) is 30.6 Å². The second kappa shape index (κ2) is 12.1. The topological polar surface area (TPSA) is 69.5 Å². The van der Waals surface area contributed by atoms with Gasteiger partial charge in [-0.2, -0.15) is 0 Å². The molecule has 2 aromatic carbocycles. The van der Waals surface area contributed by atoms with E-state index < -0.39 is 11.6 Å². The number of amides is 1. The fourth-order valence-electron chi connectivity index (χ4n) is 6.14. The van der Waals surface area contributed by atoms with Gasteiger partial charge in [-0.15, -0.1) is 11.3 Å². The van der Waals surface area contributed by atoms with Gasteiger partial charge in [-0.05, 0) is 47.4 Å². The van der Waals surface area contributed by atoms with Crippen molar-refractivity contribution in [1.29, 1.82) is 0 Å². The van der Waals surface area contributed by atoms with Crippen LogP contribution >= 0.6 is 11.3 Å². The number of nitrogens with zero attached hydrogens (tertiary/aromatic N) is 4. The van der Waals surface area contributed by atoms with Gasteiger partial charge in [0.15, 0.2) is 0 Å². The van der Waals surface area contributed by atoms with Gasteiger partial charge in [0.05, 0.1) is 28.3 Å². The summed E-state index contributed by atoms with van der Waals surface area (Å²) in [6, 6.07) is 14.2. The molecule has 232 valence electrons. The second-order valence-electron chi connectivity index (χ2n) is 11.2. The molecular formula is C36H30F2N4O3S. The smallest absolute Gasteiger partial charge is 0.246 e. The quantitative estimate of drug-likeness (QED) is 0.127. The Morgan fingerprint density at radius 2 is 1.93 bits per heavy atom. The zero-order valence-electron chi connectivity index (χ0n) is 25.3. The van der Waals surface area contributed by atoms with Crippen LogP contribution in [0.3, 0.4) is 0 Å². The van der Waals surface area contributed by atoms with E-state index in [2.05, 4.69) is 29.3 Å². The van der Waals surface area contributed by atoms with Crippen molar-refractivity contribution in [2.75, 3.05) is 26.9 Å². The summed E-state index contributed by atoms with van der Waals surface area (Å²) in [5, 5.41) is 3.76. The van der Waals surface area contributed by atoms with Crippen molar-refractivity contribution in [3.63, 3.8) is 0 Å². The Labute approximate surface area is 268 Å². The number of thiophene rings is 1. The first-order valence-corrected chi connectivity index (χ1v) is 15.7. The number of fused-ring (bicyclic) bond motifs is 3. The first kappa shape index (κ1) is 29.8. The summed E-state index contributed by atoms with van der Waals surface area (Å²) >= 11 is 1.50. The molecule has 1 aliphatic heterocycles. The average molecular weight is 637 g/mol. The van der Waals surface area contributed by atoms with Crippen LogP contribution in [0.4, 0.5) is 8.78 Å². The molecule has 46 heavy (non-hydrogen) atoms. The molecule has 0 N–H and O–H groups in total. The Morgan fingerprint density at radius 1 is 1.07 bits per heavy atom. The fraction of sp³-hybridized carbons (Fsp3) is 0.194. The van der Waals surface area contributed by atoms with Gasteiger partial charge in [-0.3, -0.25) is 9.78 Å². The van der Waals surface area contributed by atoms with E-state index in [0.717, 1.165) is 49.6 Å². The minimum atomic E-state index is -0.768. The largest absolute Gasteiger partial charge is 0.490 e. The number of ether oxygens (including phenoxy) is 2. The number of carbonyl (C=O) groups is 1. The van der Waals surface area contributed by atoms with Gasteiger partial charge in [-0.1, -0.05) is 12.6 Å². The third kappa shape index (κ3) is 5.23. The van der Waals surface area contributed by atoms with Crippen LogP contribution < -0.4 is 4.74 Å². The van der Waals surface area contributed by atoms with Crippen LogP contribution in [0, 0.1) is 11.6 Å². The van der Waals surface area contributed by atoms with Gasteiger partial charge in [0.1, 0.15) is 24.0 Å². The number of rotatable bonds is 8. The van der Waals surface area contributed by atoms with Crippen molar-refractivity contribution < 1.29 is 23.0 Å². The van der Waals surface area contributed by atoms with Gasteiger partial charge in [0.2, 0.25) is 5.91 Å². The molecule has 6 aromatic rings. The summed E-state index contributed by atoms with van der Waals surface area (Å²) in [5.74, 6) is -1.62. The molecule has 0 fully saturated rings. The third-order valence-electron chi connectivity index (χ3n) is 8.38. The monoisotopic (exact) mass is 636 g/mol. The SMILES string of the molecule is C=CC(=O)N1CCc2ncc(-c3nc(-c4ccc5c(ccn5C)c4)c4sccc4c3-c3c(F)cc(F)cc3OCCOC)cc2C1. The van der Waals surface area contributed by atoms with E-state index in [4.69, 9.17) is 19.4 Å². The van der Waals surface area contributed by atoms with Crippen molar-refractivity contribution in [3.8, 4) is 39.4 Å². The molecule has 0 aliphatic carbocycles. The van der Waals surface area contributed by atoms with E-state index in [9.17, 15) is 9.18 Å². The Bertz CT molecular complexity index is 2160. The molecule has 0 spiro atoms. The molecule has 0 saturated carbocycles. The van der Waals surface area contributed by atoms with Crippen molar-refractivity contribution in [2.45, 2.75) is 13.0 Å². The van der Waals surface area contributed by atoms with E-state index in [1.807, 2.05) is 36.8 Å². The van der Waals surface area contributed by atoms with Gasteiger partial charge in [0.25, 0.3) is 0 Å². The molecule has 0 saturated heterocycles. The van der Waals surface area contributed by atoms with Gasteiger partial charge < -0.3 is 18.9 Å². The number of halogens is 2. The average Bonchev–Trinajstić information content (AvgIpc) is 3.70. The standard InChI is InChI=1S/C36H30F2N4O3S/c1-4-31(43)42-11-8-28-24(20-42)16-23(19-39-28)34-32(33-27(38)17-25(37)18-30(33)45-13-12-44-3)26-9-14-46-36(26)35(40-34)22-5-6-29-21(15-22)7-10-41(29)2/h4-7,9-10,14-19H,1,8,11-13,20H2,2-3H3. The molecule has 5 heterocycles. The van der Waals surface area contributed by atoms with Crippen molar-refractivity contribution in [2.24, 2.45) is 7.05 Å². The lowest BCUT2D eigenvalue weighted by Crippen LogP contribution is -2.35. The molecule has 0 radical (unpaired) electrons. The Morgan fingerprint density at radius 3 is 2.76 bits per heavy atom. The highest BCUT2D eigenvalue weighted by Gasteiger charge is 2.27. The lowest BCUT2D eigenvalue weighted by molar-refractivity contribution is -0.126. The molecular weight excluding hydrogens is 606 g/mol. The molecule has 10 heteroatoms. The number of methoxy groups -OCH3 is 1. The van der Waals surface area contributed by atoms with Crippen molar-refractivity contribution in [3.05, 3.63) is 102 Å². The summed E-state index contributed by atoms with van der Waals surface area (Å²) in [7, 11) is 3.53. The number of benzene rings is 2. The predicted octanol–water partition coefficient (Wildman–Crippen LogP) is 7.56.